The van der Waals surface area contributed by atoms with Gasteiger partial charge in [-0.15, -0.1) is 0 Å². The van der Waals surface area contributed by atoms with Crippen LogP contribution < -0.4 is 0 Å². The molecule has 4 rings (SSSR count). The molecular weight excluding hydrogens is 320 g/mol. The van der Waals surface area contributed by atoms with Gasteiger partial charge < -0.3 is 14.9 Å². The molecule has 5 heteroatoms. The molecule has 0 radical (unpaired) electrons. The van der Waals surface area contributed by atoms with Crippen LogP contribution >= 0.6 is 0 Å². The van der Waals surface area contributed by atoms with Crippen molar-refractivity contribution in [2.24, 2.45) is 17.3 Å². The number of hydrogen-bond donors (Lipinski definition) is 2. The molecule has 2 saturated carbocycles. The molecular formula is C20H30O5. The minimum atomic E-state index is -1.48. The van der Waals surface area contributed by atoms with E-state index in [9.17, 15) is 10.2 Å². The molecule has 0 bridgehead atoms. The molecule has 25 heavy (non-hydrogen) atoms. The van der Waals surface area contributed by atoms with Gasteiger partial charge in [-0.2, -0.15) is 4.89 Å². The van der Waals surface area contributed by atoms with Crippen molar-refractivity contribution >= 4 is 0 Å². The second-order valence-electron chi connectivity index (χ2n) is 9.16. The number of aliphatic hydroxyl groups is 2. The minimum Gasteiger partial charge on any atom is -0.393 e. The predicted octanol–water partition coefficient (Wildman–Crippen LogP) is 2.87. The quantitative estimate of drug-likeness (QED) is 0.455. The number of rotatable bonds is 2. The van der Waals surface area contributed by atoms with E-state index in [1.807, 2.05) is 0 Å². The zero-order valence-electron chi connectivity index (χ0n) is 15.5. The lowest BCUT2D eigenvalue weighted by atomic mass is 9.48. The first-order valence-corrected chi connectivity index (χ1v) is 9.41. The molecule has 0 aromatic rings. The molecule has 0 aromatic heterocycles. The van der Waals surface area contributed by atoms with Gasteiger partial charge in [-0.1, -0.05) is 19.1 Å². The summed E-state index contributed by atoms with van der Waals surface area (Å²) < 4.78 is 5.92. The SMILES string of the molecule is C=C1CC[C@@H]2O[C@@]2(C)CC[C@H]2[C@H]1C[C@]2(C)[C@@]1(O)C=C[C@](C)(CO)OO1. The standard InChI is InChI=1S/C20H30O5/c1-13-5-6-16-19(4,23-16)8-7-15-14(13)11-18(15,3)20(22)10-9-17(2,12-21)24-25-20/h9-10,14-16,21-22H,1,5-8,11-12H2,2-4H3/t14-,15-,16-,17+,18-,19-,20+/m0/s1. The first-order chi connectivity index (χ1) is 11.6. The molecule has 3 fully saturated rings. The summed E-state index contributed by atoms with van der Waals surface area (Å²) in [5.41, 5.74) is -0.0922. The van der Waals surface area contributed by atoms with Crippen LogP contribution in [0, 0.1) is 17.3 Å². The zero-order valence-corrected chi connectivity index (χ0v) is 15.5. The Morgan fingerprint density at radius 1 is 1.20 bits per heavy atom. The number of aliphatic hydroxyl groups excluding tert-OH is 1. The fraction of sp³-hybridized carbons (Fsp3) is 0.800. The van der Waals surface area contributed by atoms with E-state index in [2.05, 4.69) is 20.4 Å². The molecule has 0 unspecified atom stereocenters. The Bertz CT molecular complexity index is 617. The van der Waals surface area contributed by atoms with Crippen molar-refractivity contribution < 1.29 is 24.7 Å². The Morgan fingerprint density at radius 3 is 2.60 bits per heavy atom. The first kappa shape index (κ1) is 17.7. The number of fused-ring (bicyclic) bond motifs is 2. The van der Waals surface area contributed by atoms with Gasteiger partial charge in [0.2, 0.25) is 5.79 Å². The van der Waals surface area contributed by atoms with Crippen LogP contribution in [0.25, 0.3) is 0 Å². The third-order valence-electron chi connectivity index (χ3n) is 7.34. The second kappa shape index (κ2) is 5.40. The van der Waals surface area contributed by atoms with Crippen LogP contribution in [0.5, 0.6) is 0 Å². The zero-order chi connectivity index (χ0) is 18.1. The van der Waals surface area contributed by atoms with E-state index in [4.69, 9.17) is 14.5 Å². The van der Waals surface area contributed by atoms with E-state index in [0.717, 1.165) is 32.1 Å². The van der Waals surface area contributed by atoms with Crippen molar-refractivity contribution in [1.29, 1.82) is 0 Å². The monoisotopic (exact) mass is 350 g/mol. The van der Waals surface area contributed by atoms with Crippen molar-refractivity contribution in [3.63, 3.8) is 0 Å². The number of allylic oxidation sites excluding steroid dienone is 1. The van der Waals surface area contributed by atoms with Gasteiger partial charge in [-0.3, -0.25) is 0 Å². The van der Waals surface area contributed by atoms with Gasteiger partial charge in [0.1, 0.15) is 5.60 Å². The summed E-state index contributed by atoms with van der Waals surface area (Å²) in [5, 5.41) is 20.6. The molecule has 0 amide bonds. The molecule has 2 aliphatic carbocycles. The highest BCUT2D eigenvalue weighted by Crippen LogP contribution is 2.64. The van der Waals surface area contributed by atoms with E-state index in [-0.39, 0.29) is 18.1 Å². The molecule has 2 aliphatic heterocycles. The summed E-state index contributed by atoms with van der Waals surface area (Å²) in [5.74, 6) is -0.795. The molecule has 4 aliphatic rings. The molecule has 2 heterocycles. The van der Waals surface area contributed by atoms with Crippen LogP contribution in [0.1, 0.15) is 52.9 Å². The minimum absolute atomic E-state index is 0.0104. The van der Waals surface area contributed by atoms with Crippen LogP contribution in [-0.4, -0.2) is 39.9 Å². The summed E-state index contributed by atoms with van der Waals surface area (Å²) in [7, 11) is 0. The third-order valence-corrected chi connectivity index (χ3v) is 7.34. The molecule has 0 aromatic carbocycles. The van der Waals surface area contributed by atoms with Gasteiger partial charge in [-0.05, 0) is 69.9 Å². The highest BCUT2D eigenvalue weighted by Gasteiger charge is 2.65. The topological polar surface area (TPSA) is 71.5 Å². The average molecular weight is 350 g/mol. The predicted molar refractivity (Wildman–Crippen MR) is 92.3 cm³/mol. The van der Waals surface area contributed by atoms with Crippen molar-refractivity contribution in [2.75, 3.05) is 6.61 Å². The summed E-state index contributed by atoms with van der Waals surface area (Å²) in [6.45, 7) is 10.1. The highest BCUT2D eigenvalue weighted by molar-refractivity contribution is 5.23. The fourth-order valence-electron chi connectivity index (χ4n) is 5.08. The number of epoxide rings is 1. The van der Waals surface area contributed by atoms with Crippen molar-refractivity contribution in [2.45, 2.75) is 76.0 Å². The van der Waals surface area contributed by atoms with Gasteiger partial charge in [-0.25, -0.2) is 4.89 Å². The largest absolute Gasteiger partial charge is 0.393 e. The van der Waals surface area contributed by atoms with Gasteiger partial charge in [0.05, 0.1) is 18.3 Å². The maximum atomic E-state index is 11.2. The van der Waals surface area contributed by atoms with Crippen LogP contribution in [0.2, 0.25) is 0 Å². The third kappa shape index (κ3) is 2.55. The van der Waals surface area contributed by atoms with Crippen molar-refractivity contribution in [3.8, 4) is 0 Å². The van der Waals surface area contributed by atoms with E-state index in [1.165, 1.54) is 5.57 Å². The van der Waals surface area contributed by atoms with Gasteiger partial charge in [0.15, 0.2) is 0 Å². The van der Waals surface area contributed by atoms with E-state index < -0.39 is 16.8 Å². The van der Waals surface area contributed by atoms with E-state index in [1.54, 1.807) is 19.1 Å². The van der Waals surface area contributed by atoms with Crippen LogP contribution in [0.15, 0.2) is 24.3 Å². The van der Waals surface area contributed by atoms with Crippen LogP contribution in [0.3, 0.4) is 0 Å². The first-order valence-electron chi connectivity index (χ1n) is 9.41. The highest BCUT2D eigenvalue weighted by atomic mass is 17.2. The van der Waals surface area contributed by atoms with Crippen LogP contribution in [-0.2, 0) is 14.5 Å². The molecule has 5 nitrogen and oxygen atoms in total. The van der Waals surface area contributed by atoms with Gasteiger partial charge >= 0.3 is 0 Å². The summed E-state index contributed by atoms with van der Waals surface area (Å²) in [4.78, 5) is 10.8. The Morgan fingerprint density at radius 2 is 1.96 bits per heavy atom. The Balaban J connectivity index is 1.58. The molecule has 140 valence electrons. The number of ether oxygens (including phenoxy) is 1. The summed E-state index contributed by atoms with van der Waals surface area (Å²) >= 11 is 0. The Kier molecular flexibility index (Phi) is 3.82. The van der Waals surface area contributed by atoms with Crippen molar-refractivity contribution in [3.05, 3.63) is 24.3 Å². The fourth-order valence-corrected chi connectivity index (χ4v) is 5.08. The van der Waals surface area contributed by atoms with Crippen LogP contribution in [0.4, 0.5) is 0 Å². The average Bonchev–Trinajstić information content (AvgIpc) is 3.22. The van der Waals surface area contributed by atoms with E-state index >= 15 is 0 Å². The lowest BCUT2D eigenvalue weighted by Gasteiger charge is -2.60. The second-order valence-corrected chi connectivity index (χ2v) is 9.16. The normalized spacial score (nSPS) is 55.2. The van der Waals surface area contributed by atoms with Gasteiger partial charge in [0, 0.05) is 5.41 Å². The number of hydrogen-bond acceptors (Lipinski definition) is 5. The lowest BCUT2D eigenvalue weighted by Crippen LogP contribution is -2.63. The Labute approximate surface area is 149 Å². The summed E-state index contributed by atoms with van der Waals surface area (Å²) in [6.07, 6.45) is 8.58. The molecule has 1 saturated heterocycles. The maximum absolute atomic E-state index is 11.2. The Hall–Kier alpha value is -0.720. The van der Waals surface area contributed by atoms with E-state index in [0.29, 0.717) is 12.0 Å². The van der Waals surface area contributed by atoms with Gasteiger partial charge in [0.25, 0.3) is 0 Å². The molecule has 7 atom stereocenters. The smallest absolute Gasteiger partial charge is 0.224 e. The molecule has 2 N–H and O–H groups in total. The summed E-state index contributed by atoms with van der Waals surface area (Å²) in [6, 6.07) is 0. The lowest BCUT2D eigenvalue weighted by molar-refractivity contribution is -0.481. The maximum Gasteiger partial charge on any atom is 0.224 e. The molecule has 0 spiro atoms. The van der Waals surface area contributed by atoms with Crippen molar-refractivity contribution in [1.82, 2.24) is 0 Å².